The smallest absolute Gasteiger partial charge is 0.389 e. The van der Waals surface area contributed by atoms with E-state index in [4.69, 9.17) is 5.11 Å². The van der Waals surface area contributed by atoms with Gasteiger partial charge in [-0.1, -0.05) is 0 Å². The fraction of sp³-hybridized carbons (Fsp3) is 0.750. The van der Waals surface area contributed by atoms with Crippen molar-refractivity contribution in [3.63, 3.8) is 0 Å². The zero-order chi connectivity index (χ0) is 7.44. The molecule has 9 heavy (non-hydrogen) atoms. The molecule has 3 nitrogen and oxygen atoms in total. The summed E-state index contributed by atoms with van der Waals surface area (Å²) in [6.07, 6.45) is -1.49. The molecule has 0 amide bonds. The maximum absolute atomic E-state index is 11.1. The number of rotatable bonds is 2. The van der Waals surface area contributed by atoms with Gasteiger partial charge in [0, 0.05) is 0 Å². The summed E-state index contributed by atoms with van der Waals surface area (Å²) in [5, 5.41) is 8.26. The Hall–Kier alpha value is -0.710. The minimum absolute atomic E-state index is 1.05. The molecule has 0 saturated heterocycles. The second kappa shape index (κ2) is 3.34. The Balaban J connectivity index is 3.51. The maximum atomic E-state index is 11.1. The molecule has 1 atom stereocenters. The third-order valence-corrected chi connectivity index (χ3v) is 0.546. The van der Waals surface area contributed by atoms with Crippen molar-refractivity contribution in [3.05, 3.63) is 0 Å². The standard InChI is InChI=1S/C4H6F2O3/c1-2(7)3(8)9-4(5)6/h2,4,7H,1H3. The first kappa shape index (κ1) is 8.29. The summed E-state index contributed by atoms with van der Waals surface area (Å²) in [5.74, 6) is -1.31. The number of esters is 1. The fourth-order valence-electron chi connectivity index (χ4n) is 0.186. The quantitative estimate of drug-likeness (QED) is 0.554. The zero-order valence-corrected chi connectivity index (χ0v) is 4.67. The van der Waals surface area contributed by atoms with Crippen molar-refractivity contribution in [3.8, 4) is 0 Å². The van der Waals surface area contributed by atoms with Gasteiger partial charge in [-0.3, -0.25) is 0 Å². The number of hydrogen-bond acceptors (Lipinski definition) is 3. The SMILES string of the molecule is CC(O)C(=O)OC(F)F. The monoisotopic (exact) mass is 140 g/mol. The van der Waals surface area contributed by atoms with Crippen LogP contribution in [0.15, 0.2) is 0 Å². The fourth-order valence-corrected chi connectivity index (χ4v) is 0.186. The molecule has 1 N–H and O–H groups in total. The van der Waals surface area contributed by atoms with E-state index in [2.05, 4.69) is 4.74 Å². The summed E-state index contributed by atoms with van der Waals surface area (Å²) in [5.41, 5.74) is 0. The number of ether oxygens (including phenoxy) is 1. The van der Waals surface area contributed by atoms with Crippen LogP contribution in [0, 0.1) is 0 Å². The van der Waals surface area contributed by atoms with Crippen molar-refractivity contribution in [1.29, 1.82) is 0 Å². The van der Waals surface area contributed by atoms with Crippen LogP contribution in [0.1, 0.15) is 6.92 Å². The molecule has 0 spiro atoms. The highest BCUT2D eigenvalue weighted by atomic mass is 19.3. The molecular weight excluding hydrogens is 134 g/mol. The van der Waals surface area contributed by atoms with Crippen LogP contribution in [0.25, 0.3) is 0 Å². The molecule has 0 aliphatic heterocycles. The van der Waals surface area contributed by atoms with Gasteiger partial charge < -0.3 is 9.84 Å². The van der Waals surface area contributed by atoms with E-state index >= 15 is 0 Å². The van der Waals surface area contributed by atoms with Crippen LogP contribution in [0.3, 0.4) is 0 Å². The van der Waals surface area contributed by atoms with Gasteiger partial charge in [-0.05, 0) is 6.92 Å². The van der Waals surface area contributed by atoms with Crippen molar-refractivity contribution < 1.29 is 23.4 Å². The van der Waals surface area contributed by atoms with Crippen molar-refractivity contribution in [2.75, 3.05) is 0 Å². The van der Waals surface area contributed by atoms with Gasteiger partial charge in [0.2, 0.25) is 0 Å². The molecular formula is C4H6F2O3. The minimum Gasteiger partial charge on any atom is -0.401 e. The molecule has 0 heterocycles. The van der Waals surface area contributed by atoms with E-state index in [0.717, 1.165) is 6.92 Å². The highest BCUT2D eigenvalue weighted by molar-refractivity contribution is 5.73. The summed E-state index contributed by atoms with van der Waals surface area (Å²) in [6, 6.07) is 0. The van der Waals surface area contributed by atoms with Gasteiger partial charge >= 0.3 is 12.6 Å². The van der Waals surface area contributed by atoms with Crippen LogP contribution in [-0.4, -0.2) is 23.8 Å². The van der Waals surface area contributed by atoms with Crippen molar-refractivity contribution >= 4 is 5.97 Å². The van der Waals surface area contributed by atoms with Crippen molar-refractivity contribution in [2.24, 2.45) is 0 Å². The van der Waals surface area contributed by atoms with Gasteiger partial charge in [-0.2, -0.15) is 8.78 Å². The number of aliphatic hydroxyl groups is 1. The average Bonchev–Trinajstić information content (AvgIpc) is 1.63. The number of alkyl halides is 2. The summed E-state index contributed by atoms with van der Waals surface area (Å²) in [6.45, 7) is -2.10. The van der Waals surface area contributed by atoms with Crippen LogP contribution >= 0.6 is 0 Å². The van der Waals surface area contributed by atoms with Gasteiger partial charge in [0.25, 0.3) is 0 Å². The predicted octanol–water partition coefficient (Wildman–Crippen LogP) is 0.133. The zero-order valence-electron chi connectivity index (χ0n) is 4.67. The Bertz CT molecular complexity index is 102. The second-order valence-corrected chi connectivity index (χ2v) is 1.37. The lowest BCUT2D eigenvalue weighted by Gasteiger charge is -2.02. The molecule has 0 fully saturated rings. The van der Waals surface area contributed by atoms with E-state index in [1.54, 1.807) is 0 Å². The first-order valence-corrected chi connectivity index (χ1v) is 2.20. The van der Waals surface area contributed by atoms with Crippen LogP contribution in [0.5, 0.6) is 0 Å². The molecule has 0 saturated carbocycles. The molecule has 0 aromatic rings. The van der Waals surface area contributed by atoms with Crippen LogP contribution in [0.2, 0.25) is 0 Å². The lowest BCUT2D eigenvalue weighted by Crippen LogP contribution is -2.21. The highest BCUT2D eigenvalue weighted by Crippen LogP contribution is 1.96. The predicted molar refractivity (Wildman–Crippen MR) is 23.8 cm³/mol. The van der Waals surface area contributed by atoms with E-state index in [-0.39, 0.29) is 0 Å². The van der Waals surface area contributed by atoms with Crippen molar-refractivity contribution in [1.82, 2.24) is 0 Å². The molecule has 1 unspecified atom stereocenters. The first-order valence-electron chi connectivity index (χ1n) is 2.20. The molecule has 54 valence electrons. The lowest BCUT2D eigenvalue weighted by atomic mass is 10.4. The average molecular weight is 140 g/mol. The molecule has 0 aliphatic carbocycles. The molecule has 0 radical (unpaired) electrons. The number of hydrogen-bond donors (Lipinski definition) is 1. The van der Waals surface area contributed by atoms with Crippen molar-refractivity contribution in [2.45, 2.75) is 19.6 Å². The van der Waals surface area contributed by atoms with Gasteiger partial charge in [0.05, 0.1) is 0 Å². The molecule has 0 aliphatic rings. The minimum atomic E-state index is -3.15. The molecule has 5 heteroatoms. The summed E-state index contributed by atoms with van der Waals surface area (Å²) in [7, 11) is 0. The first-order chi connectivity index (χ1) is 4.04. The molecule has 0 aromatic carbocycles. The number of carbonyl (C=O) groups excluding carboxylic acids is 1. The van der Waals surface area contributed by atoms with E-state index in [9.17, 15) is 13.6 Å². The van der Waals surface area contributed by atoms with Gasteiger partial charge in [-0.15, -0.1) is 0 Å². The largest absolute Gasteiger partial charge is 0.401 e. The van der Waals surface area contributed by atoms with E-state index in [1.165, 1.54) is 0 Å². The third-order valence-electron chi connectivity index (χ3n) is 0.546. The Kier molecular flexibility index (Phi) is 3.08. The van der Waals surface area contributed by atoms with Crippen LogP contribution in [-0.2, 0) is 9.53 Å². The number of aliphatic hydroxyl groups excluding tert-OH is 1. The Morgan fingerprint density at radius 2 is 2.11 bits per heavy atom. The number of carbonyl (C=O) groups is 1. The Morgan fingerprint density at radius 3 is 2.22 bits per heavy atom. The summed E-state index contributed by atoms with van der Waals surface area (Å²) < 4.78 is 25.5. The van der Waals surface area contributed by atoms with E-state index < -0.39 is 18.7 Å². The van der Waals surface area contributed by atoms with Gasteiger partial charge in [0.1, 0.15) is 6.10 Å². The summed E-state index contributed by atoms with van der Waals surface area (Å²) in [4.78, 5) is 10.0. The second-order valence-electron chi connectivity index (χ2n) is 1.37. The van der Waals surface area contributed by atoms with Gasteiger partial charge in [0.15, 0.2) is 0 Å². The van der Waals surface area contributed by atoms with E-state index in [1.807, 2.05) is 0 Å². The lowest BCUT2D eigenvalue weighted by molar-refractivity contribution is -0.184. The molecule has 0 bridgehead atoms. The molecule has 0 aromatic heterocycles. The van der Waals surface area contributed by atoms with E-state index in [0.29, 0.717) is 0 Å². The maximum Gasteiger partial charge on any atom is 0.389 e. The van der Waals surface area contributed by atoms with Crippen LogP contribution in [0.4, 0.5) is 8.78 Å². The Morgan fingerprint density at radius 1 is 1.67 bits per heavy atom. The highest BCUT2D eigenvalue weighted by Gasteiger charge is 2.14. The van der Waals surface area contributed by atoms with Gasteiger partial charge in [-0.25, -0.2) is 4.79 Å². The Labute approximate surface area is 50.2 Å². The normalized spacial score (nSPS) is 13.4. The molecule has 0 rings (SSSR count). The topological polar surface area (TPSA) is 46.5 Å². The van der Waals surface area contributed by atoms with Crippen LogP contribution < -0.4 is 0 Å². The third kappa shape index (κ3) is 3.84. The number of halogens is 2. The summed E-state index contributed by atoms with van der Waals surface area (Å²) >= 11 is 0.